The quantitative estimate of drug-likeness (QED) is 0.577. The molecule has 0 amide bonds. The van der Waals surface area contributed by atoms with Gasteiger partial charge in [0.05, 0.1) is 21.1 Å². The minimum atomic E-state index is 0.568. The van der Waals surface area contributed by atoms with Crippen molar-refractivity contribution in [1.29, 1.82) is 0 Å². The van der Waals surface area contributed by atoms with Crippen molar-refractivity contribution in [2.24, 2.45) is 4.99 Å². The lowest BCUT2D eigenvalue weighted by molar-refractivity contribution is 1.49. The van der Waals surface area contributed by atoms with Gasteiger partial charge >= 0.3 is 0 Å². The van der Waals surface area contributed by atoms with Gasteiger partial charge in [0.1, 0.15) is 0 Å². The zero-order valence-electron chi connectivity index (χ0n) is 6.52. The summed E-state index contributed by atoms with van der Waals surface area (Å²) in [7, 11) is 0. The number of hydrogen-bond acceptors (Lipinski definition) is 5. The number of rotatable bonds is 1. The minimum Gasteiger partial charge on any atom is -0.375 e. The Morgan fingerprint density at radius 1 is 1.54 bits per heavy atom. The molecule has 0 radical (unpaired) electrons. The monoisotopic (exact) mass is 207 g/mol. The number of nitrogen functional groups attached to an aromatic ring is 1. The Morgan fingerprint density at radius 2 is 2.38 bits per heavy atom. The van der Waals surface area contributed by atoms with E-state index in [4.69, 9.17) is 5.73 Å². The van der Waals surface area contributed by atoms with Gasteiger partial charge in [-0.25, -0.2) is 4.98 Å². The lowest BCUT2D eigenvalue weighted by atomic mass is 10.3. The Bertz CT molecular complexity index is 497. The van der Waals surface area contributed by atoms with Gasteiger partial charge in [0, 0.05) is 0 Å². The molecule has 0 unspecified atom stereocenters. The highest BCUT2D eigenvalue weighted by Gasteiger charge is 2.00. The fraction of sp³-hybridized carbons (Fsp3) is 0. The highest BCUT2D eigenvalue weighted by atomic mass is 32.1. The highest BCUT2D eigenvalue weighted by Crippen LogP contribution is 2.27. The molecule has 1 heterocycles. The lowest BCUT2D eigenvalue weighted by Crippen LogP contribution is -1.78. The molecule has 2 rings (SSSR count). The van der Waals surface area contributed by atoms with Crippen molar-refractivity contribution >= 4 is 49.8 Å². The molecule has 5 heteroatoms. The molecule has 13 heavy (non-hydrogen) atoms. The van der Waals surface area contributed by atoms with Crippen LogP contribution in [0.4, 0.5) is 10.8 Å². The number of anilines is 1. The summed E-state index contributed by atoms with van der Waals surface area (Å²) in [6.45, 7) is 0. The average Bonchev–Trinajstić information content (AvgIpc) is 2.44. The summed E-state index contributed by atoms with van der Waals surface area (Å²) in [4.78, 5) is 7.99. The molecule has 0 spiro atoms. The first-order valence-electron chi connectivity index (χ1n) is 3.53. The predicted octanol–water partition coefficient (Wildman–Crippen LogP) is 2.61. The Kier molecular flexibility index (Phi) is 2.06. The third-order valence-electron chi connectivity index (χ3n) is 1.56. The predicted molar refractivity (Wildman–Crippen MR) is 58.7 cm³/mol. The fourth-order valence-corrected chi connectivity index (χ4v) is 1.93. The number of benzene rings is 1. The molecule has 1 aromatic carbocycles. The molecule has 0 bridgehead atoms. The molecule has 0 saturated heterocycles. The van der Waals surface area contributed by atoms with Crippen LogP contribution in [-0.2, 0) is 0 Å². The zero-order chi connectivity index (χ0) is 9.26. The smallest absolute Gasteiger partial charge is 0.181 e. The maximum Gasteiger partial charge on any atom is 0.181 e. The number of aromatic nitrogens is 1. The maximum atomic E-state index is 5.56. The molecule has 2 N–H and O–H groups in total. The first kappa shape index (κ1) is 8.31. The Hall–Kier alpha value is -1.29. The summed E-state index contributed by atoms with van der Waals surface area (Å²) in [5, 5.41) is 2.88. The van der Waals surface area contributed by atoms with Crippen molar-refractivity contribution < 1.29 is 0 Å². The van der Waals surface area contributed by atoms with Crippen LogP contribution in [0, 0.1) is 0 Å². The summed E-state index contributed by atoms with van der Waals surface area (Å²) in [6.07, 6.45) is 0. The zero-order valence-corrected chi connectivity index (χ0v) is 8.15. The van der Waals surface area contributed by atoms with Gasteiger partial charge in [-0.3, -0.25) is 0 Å². The van der Waals surface area contributed by atoms with Gasteiger partial charge in [-0.1, -0.05) is 11.3 Å². The summed E-state index contributed by atoms with van der Waals surface area (Å²) < 4.78 is 1.02. The van der Waals surface area contributed by atoms with Crippen molar-refractivity contribution in [1.82, 2.24) is 4.98 Å². The van der Waals surface area contributed by atoms with Gasteiger partial charge in [0.15, 0.2) is 5.13 Å². The van der Waals surface area contributed by atoms with Crippen molar-refractivity contribution in [3.63, 3.8) is 0 Å². The van der Waals surface area contributed by atoms with Crippen molar-refractivity contribution in [2.75, 3.05) is 5.73 Å². The van der Waals surface area contributed by atoms with Crippen LogP contribution in [0.1, 0.15) is 0 Å². The molecule has 0 fully saturated rings. The second-order valence-corrected chi connectivity index (χ2v) is 3.65. The van der Waals surface area contributed by atoms with E-state index in [9.17, 15) is 0 Å². The van der Waals surface area contributed by atoms with Crippen molar-refractivity contribution in [2.45, 2.75) is 0 Å². The van der Waals surface area contributed by atoms with E-state index in [1.54, 1.807) is 0 Å². The minimum absolute atomic E-state index is 0.568. The van der Waals surface area contributed by atoms with E-state index in [-0.39, 0.29) is 0 Å². The summed E-state index contributed by atoms with van der Waals surface area (Å²) in [5.74, 6) is 0. The second-order valence-electron chi connectivity index (χ2n) is 2.41. The topological polar surface area (TPSA) is 51.3 Å². The fourth-order valence-electron chi connectivity index (χ4n) is 1.05. The molecule has 0 saturated carbocycles. The molecular formula is C8H5N3S2. The van der Waals surface area contributed by atoms with Crippen LogP contribution >= 0.6 is 23.6 Å². The average molecular weight is 207 g/mol. The molecule has 0 aliphatic rings. The van der Waals surface area contributed by atoms with Gasteiger partial charge in [0.25, 0.3) is 0 Å². The number of isothiocyanates is 1. The second kappa shape index (κ2) is 3.22. The van der Waals surface area contributed by atoms with E-state index in [0.717, 1.165) is 15.9 Å². The van der Waals surface area contributed by atoms with Gasteiger partial charge in [-0.15, -0.1) is 0 Å². The van der Waals surface area contributed by atoms with Crippen LogP contribution in [0.5, 0.6) is 0 Å². The maximum absolute atomic E-state index is 5.56. The largest absolute Gasteiger partial charge is 0.375 e. The molecule has 0 aliphatic heterocycles. The van der Waals surface area contributed by atoms with Crippen LogP contribution in [0.15, 0.2) is 23.2 Å². The molecule has 2 aromatic rings. The number of thiazole rings is 1. The van der Waals surface area contributed by atoms with E-state index in [2.05, 4.69) is 27.4 Å². The molecule has 3 nitrogen and oxygen atoms in total. The molecule has 0 atom stereocenters. The first-order valence-corrected chi connectivity index (χ1v) is 4.76. The van der Waals surface area contributed by atoms with Crippen molar-refractivity contribution in [3.8, 4) is 0 Å². The Balaban J connectivity index is 2.67. The van der Waals surface area contributed by atoms with E-state index in [1.165, 1.54) is 11.3 Å². The number of nitrogens with zero attached hydrogens (tertiary/aromatic N) is 2. The summed E-state index contributed by atoms with van der Waals surface area (Å²) in [5.41, 5.74) is 7.23. The lowest BCUT2D eigenvalue weighted by Gasteiger charge is -1.88. The van der Waals surface area contributed by atoms with Crippen LogP contribution in [0.3, 0.4) is 0 Å². The molecule has 1 aromatic heterocycles. The van der Waals surface area contributed by atoms with Crippen LogP contribution in [-0.4, -0.2) is 10.1 Å². The normalized spacial score (nSPS) is 9.85. The van der Waals surface area contributed by atoms with Gasteiger partial charge in [-0.05, 0) is 30.4 Å². The summed E-state index contributed by atoms with van der Waals surface area (Å²) >= 11 is 5.95. The van der Waals surface area contributed by atoms with E-state index >= 15 is 0 Å². The number of aliphatic imine (C=N–C) groups is 1. The Morgan fingerprint density at radius 3 is 3.15 bits per heavy atom. The van der Waals surface area contributed by atoms with Crippen LogP contribution in [0.25, 0.3) is 10.2 Å². The highest BCUT2D eigenvalue weighted by molar-refractivity contribution is 7.78. The van der Waals surface area contributed by atoms with Gasteiger partial charge < -0.3 is 5.73 Å². The Labute approximate surface area is 83.9 Å². The third kappa shape index (κ3) is 1.58. The summed E-state index contributed by atoms with van der Waals surface area (Å²) in [6, 6.07) is 5.59. The van der Waals surface area contributed by atoms with E-state index < -0.39 is 0 Å². The van der Waals surface area contributed by atoms with Gasteiger partial charge in [-0.2, -0.15) is 4.99 Å². The molecular weight excluding hydrogens is 202 g/mol. The first-order chi connectivity index (χ1) is 6.29. The number of fused-ring (bicyclic) bond motifs is 1. The number of hydrogen-bond donors (Lipinski definition) is 1. The third-order valence-corrected chi connectivity index (χ3v) is 2.50. The standard InChI is InChI=1S/C8H5N3S2/c9-8-11-6-2-1-5(10-4-12)3-7(6)13-8/h1-3H,(H2,9,11). The van der Waals surface area contributed by atoms with Crippen LogP contribution < -0.4 is 5.73 Å². The van der Waals surface area contributed by atoms with Gasteiger partial charge in [0.2, 0.25) is 0 Å². The molecule has 64 valence electrons. The van der Waals surface area contributed by atoms with Crippen molar-refractivity contribution in [3.05, 3.63) is 18.2 Å². The van der Waals surface area contributed by atoms with E-state index in [1.807, 2.05) is 18.2 Å². The van der Waals surface area contributed by atoms with E-state index in [0.29, 0.717) is 5.13 Å². The number of thiocarbonyl (C=S) groups is 1. The number of nitrogens with two attached hydrogens (primary N) is 1. The van der Waals surface area contributed by atoms with Crippen LogP contribution in [0.2, 0.25) is 0 Å². The molecule has 0 aliphatic carbocycles. The SMILES string of the molecule is Nc1nc2ccc(N=C=S)cc2s1.